The molecule has 0 spiro atoms. The molecular formula is C16H21N3O2. The number of nitrogens with one attached hydrogen (secondary N) is 1. The monoisotopic (exact) mass is 287 g/mol. The number of anilines is 1. The molecule has 2 rings (SSSR count). The van der Waals surface area contributed by atoms with E-state index in [-0.39, 0.29) is 6.61 Å². The van der Waals surface area contributed by atoms with Gasteiger partial charge in [-0.1, -0.05) is 5.92 Å². The summed E-state index contributed by atoms with van der Waals surface area (Å²) in [6.07, 6.45) is 7.50. The number of carbonyl (C=O) groups is 1. The molecule has 0 atom stereocenters. The van der Waals surface area contributed by atoms with Gasteiger partial charge >= 0.3 is 0 Å². The highest BCUT2D eigenvalue weighted by Crippen LogP contribution is 2.19. The lowest BCUT2D eigenvalue weighted by Gasteiger charge is -2.31. The van der Waals surface area contributed by atoms with E-state index >= 15 is 0 Å². The molecule has 0 aromatic heterocycles. The summed E-state index contributed by atoms with van der Waals surface area (Å²) in [6.45, 7) is 2.70. The predicted octanol–water partition coefficient (Wildman–Crippen LogP) is 1.06. The van der Waals surface area contributed by atoms with Crippen LogP contribution in [0.3, 0.4) is 0 Å². The van der Waals surface area contributed by atoms with E-state index in [1.807, 2.05) is 24.3 Å². The maximum Gasteiger partial charge on any atom is 0.255 e. The van der Waals surface area contributed by atoms with Gasteiger partial charge in [0.25, 0.3) is 5.91 Å². The molecule has 1 aromatic carbocycles. The smallest absolute Gasteiger partial charge is 0.255 e. The summed E-state index contributed by atoms with van der Waals surface area (Å²) in [4.78, 5) is 12.9. The molecular weight excluding hydrogens is 266 g/mol. The van der Waals surface area contributed by atoms with Gasteiger partial charge in [-0.15, -0.1) is 6.42 Å². The average Bonchev–Trinajstić information content (AvgIpc) is 2.49. The number of amides is 1. The Morgan fingerprint density at radius 1 is 1.38 bits per heavy atom. The largest absolute Gasteiger partial charge is 0.484 e. The van der Waals surface area contributed by atoms with Crippen molar-refractivity contribution in [3.63, 3.8) is 0 Å². The molecule has 3 N–H and O–H groups in total. The molecule has 1 fully saturated rings. The second kappa shape index (κ2) is 7.55. The summed E-state index contributed by atoms with van der Waals surface area (Å²) in [5.74, 6) is 2.85. The van der Waals surface area contributed by atoms with Crippen molar-refractivity contribution in [1.29, 1.82) is 0 Å². The van der Waals surface area contributed by atoms with E-state index in [9.17, 15) is 4.79 Å². The third-order valence-corrected chi connectivity index (χ3v) is 3.51. The molecule has 112 valence electrons. The first kappa shape index (κ1) is 15.2. The molecule has 0 aliphatic carbocycles. The first-order valence-electron chi connectivity index (χ1n) is 7.11. The van der Waals surface area contributed by atoms with Gasteiger partial charge < -0.3 is 15.8 Å². The molecule has 0 unspecified atom stereocenters. The summed E-state index contributed by atoms with van der Waals surface area (Å²) in [5.41, 5.74) is 6.09. The highest BCUT2D eigenvalue weighted by molar-refractivity contribution is 5.75. The third-order valence-electron chi connectivity index (χ3n) is 3.51. The van der Waals surface area contributed by atoms with E-state index in [2.05, 4.69) is 16.1 Å². The number of rotatable bonds is 6. The zero-order valence-electron chi connectivity index (χ0n) is 12.0. The van der Waals surface area contributed by atoms with Crippen LogP contribution in [0.4, 0.5) is 5.69 Å². The van der Waals surface area contributed by atoms with E-state index in [1.165, 1.54) is 0 Å². The van der Waals surface area contributed by atoms with Crippen molar-refractivity contribution in [1.82, 2.24) is 4.90 Å². The van der Waals surface area contributed by atoms with E-state index in [0.717, 1.165) is 38.2 Å². The molecule has 1 aromatic rings. The number of nitrogens with zero attached hydrogens (tertiary/aromatic N) is 1. The van der Waals surface area contributed by atoms with Crippen LogP contribution in [-0.4, -0.2) is 43.1 Å². The maximum atomic E-state index is 10.6. The van der Waals surface area contributed by atoms with Crippen molar-refractivity contribution in [3.8, 4) is 18.1 Å². The summed E-state index contributed by atoms with van der Waals surface area (Å²) >= 11 is 0. The molecule has 1 saturated heterocycles. The summed E-state index contributed by atoms with van der Waals surface area (Å²) in [7, 11) is 0. The lowest BCUT2D eigenvalue weighted by molar-refractivity contribution is -0.119. The van der Waals surface area contributed by atoms with Crippen LogP contribution < -0.4 is 15.8 Å². The van der Waals surface area contributed by atoms with Gasteiger partial charge in [-0.05, 0) is 37.1 Å². The molecule has 1 heterocycles. The molecule has 1 amide bonds. The van der Waals surface area contributed by atoms with E-state index in [4.69, 9.17) is 16.9 Å². The number of likely N-dealkylation sites (tertiary alicyclic amines) is 1. The van der Waals surface area contributed by atoms with Crippen LogP contribution in [0.15, 0.2) is 24.3 Å². The Bertz CT molecular complexity index is 499. The van der Waals surface area contributed by atoms with Gasteiger partial charge in [0.2, 0.25) is 0 Å². The van der Waals surface area contributed by atoms with Crippen molar-refractivity contribution >= 4 is 11.6 Å². The first-order valence-corrected chi connectivity index (χ1v) is 7.11. The number of benzene rings is 1. The summed E-state index contributed by atoms with van der Waals surface area (Å²) in [6, 6.07) is 8.03. The number of nitrogens with two attached hydrogens (primary N) is 1. The maximum absolute atomic E-state index is 10.6. The van der Waals surface area contributed by atoms with E-state index in [1.54, 1.807) is 0 Å². The molecule has 0 bridgehead atoms. The Morgan fingerprint density at radius 2 is 2.05 bits per heavy atom. The van der Waals surface area contributed by atoms with Gasteiger partial charge in [0.05, 0.1) is 6.54 Å². The minimum Gasteiger partial charge on any atom is -0.484 e. The van der Waals surface area contributed by atoms with Crippen molar-refractivity contribution in [2.24, 2.45) is 5.73 Å². The molecule has 5 nitrogen and oxygen atoms in total. The van der Waals surface area contributed by atoms with Crippen LogP contribution >= 0.6 is 0 Å². The van der Waals surface area contributed by atoms with E-state index < -0.39 is 5.91 Å². The zero-order chi connectivity index (χ0) is 15.1. The van der Waals surface area contributed by atoms with Gasteiger partial charge in [-0.25, -0.2) is 0 Å². The Kier molecular flexibility index (Phi) is 5.47. The minimum atomic E-state index is -0.476. The lowest BCUT2D eigenvalue weighted by Crippen LogP contribution is -2.39. The van der Waals surface area contributed by atoms with Crippen molar-refractivity contribution in [2.45, 2.75) is 18.9 Å². The summed E-state index contributed by atoms with van der Waals surface area (Å²) < 4.78 is 5.23. The van der Waals surface area contributed by atoms with Crippen molar-refractivity contribution in [3.05, 3.63) is 24.3 Å². The quantitative estimate of drug-likeness (QED) is 0.768. The highest BCUT2D eigenvalue weighted by Gasteiger charge is 2.18. The highest BCUT2D eigenvalue weighted by atomic mass is 16.5. The second-order valence-electron chi connectivity index (χ2n) is 5.18. The van der Waals surface area contributed by atoms with Crippen LogP contribution in [0.25, 0.3) is 0 Å². The fourth-order valence-electron chi connectivity index (χ4n) is 2.40. The molecule has 5 heteroatoms. The number of hydrogen-bond acceptors (Lipinski definition) is 4. The fourth-order valence-corrected chi connectivity index (χ4v) is 2.40. The lowest BCUT2D eigenvalue weighted by atomic mass is 10.0. The molecule has 1 aliphatic heterocycles. The van der Waals surface area contributed by atoms with Crippen molar-refractivity contribution in [2.75, 3.05) is 31.6 Å². The van der Waals surface area contributed by atoms with Gasteiger partial charge in [0.1, 0.15) is 5.75 Å². The van der Waals surface area contributed by atoms with Crippen molar-refractivity contribution < 1.29 is 9.53 Å². The molecule has 21 heavy (non-hydrogen) atoms. The van der Waals surface area contributed by atoms with Gasteiger partial charge in [0, 0.05) is 24.8 Å². The fraction of sp³-hybridized carbons (Fsp3) is 0.438. The average molecular weight is 287 g/mol. The topological polar surface area (TPSA) is 67.6 Å². The van der Waals surface area contributed by atoms with Crippen LogP contribution in [0.5, 0.6) is 5.75 Å². The second-order valence-corrected chi connectivity index (χ2v) is 5.18. The number of ether oxygens (including phenoxy) is 1. The Balaban J connectivity index is 1.79. The number of primary amides is 1. The van der Waals surface area contributed by atoms with Crippen LogP contribution in [0.1, 0.15) is 12.8 Å². The van der Waals surface area contributed by atoms with Crippen LogP contribution in [0.2, 0.25) is 0 Å². The normalized spacial score (nSPS) is 16.1. The number of piperidine rings is 1. The zero-order valence-corrected chi connectivity index (χ0v) is 12.0. The Labute approximate surface area is 125 Å². The standard InChI is InChI=1S/C16H21N3O2/c1-2-9-19-10-7-14(8-11-19)18-13-3-5-15(6-4-13)21-12-16(17)20/h1,3-6,14,18H,7-12H2,(H2,17,20). The predicted molar refractivity (Wildman–Crippen MR) is 83.0 cm³/mol. The minimum absolute atomic E-state index is 0.0968. The molecule has 1 aliphatic rings. The van der Waals surface area contributed by atoms with E-state index in [0.29, 0.717) is 11.8 Å². The van der Waals surface area contributed by atoms with Gasteiger partial charge in [-0.3, -0.25) is 9.69 Å². The molecule has 0 radical (unpaired) electrons. The number of terminal acetylenes is 1. The van der Waals surface area contributed by atoms with Gasteiger partial charge in [-0.2, -0.15) is 0 Å². The van der Waals surface area contributed by atoms with Crippen LogP contribution in [0, 0.1) is 12.3 Å². The molecule has 0 saturated carbocycles. The third kappa shape index (κ3) is 5.01. The number of carbonyl (C=O) groups excluding carboxylic acids is 1. The Hall–Kier alpha value is -2.19. The Morgan fingerprint density at radius 3 is 2.62 bits per heavy atom. The van der Waals surface area contributed by atoms with Gasteiger partial charge in [0.15, 0.2) is 6.61 Å². The van der Waals surface area contributed by atoms with Crippen LogP contribution in [-0.2, 0) is 4.79 Å². The SMILES string of the molecule is C#CCN1CCC(Nc2ccc(OCC(N)=O)cc2)CC1. The number of hydrogen-bond donors (Lipinski definition) is 2. The first-order chi connectivity index (χ1) is 10.2. The summed E-state index contributed by atoms with van der Waals surface area (Å²) in [5, 5.41) is 3.51.